The van der Waals surface area contributed by atoms with Gasteiger partial charge in [0.25, 0.3) is 0 Å². The van der Waals surface area contributed by atoms with E-state index in [2.05, 4.69) is 0 Å². The van der Waals surface area contributed by atoms with Gasteiger partial charge in [0.1, 0.15) is 12.4 Å². The maximum atomic E-state index is 14.0. The molecule has 0 saturated carbocycles. The van der Waals surface area contributed by atoms with Crippen LogP contribution in [0.3, 0.4) is 0 Å². The fourth-order valence-corrected chi connectivity index (χ4v) is 4.49. The quantitative estimate of drug-likeness (QED) is 0.372. The molecule has 11 heteroatoms. The van der Waals surface area contributed by atoms with Crippen molar-refractivity contribution in [2.75, 3.05) is 13.1 Å². The van der Waals surface area contributed by atoms with Crippen LogP contribution in [0.1, 0.15) is 29.8 Å². The standard InChI is InChI=1S/C16H17FN2O6S2/c1-3-18(4-2)27(23,24)12-5-6-14(17)13(8-12)16(20)25-9-11-7-15(19(21)22)26-10-11/h5-8,10H,3-4,9H2,1-2H3. The van der Waals surface area contributed by atoms with Crippen LogP contribution in [-0.4, -0.2) is 36.7 Å². The molecule has 0 N–H and O–H groups in total. The fourth-order valence-electron chi connectivity index (χ4n) is 2.29. The molecule has 0 fully saturated rings. The highest BCUT2D eigenvalue weighted by molar-refractivity contribution is 7.89. The molecule has 1 heterocycles. The first-order chi connectivity index (χ1) is 12.7. The molecule has 0 aliphatic carbocycles. The number of carbonyl (C=O) groups is 1. The summed E-state index contributed by atoms with van der Waals surface area (Å²) in [6.45, 7) is 3.50. The molecule has 146 valence electrons. The highest BCUT2D eigenvalue weighted by Gasteiger charge is 2.25. The zero-order chi connectivity index (χ0) is 20.2. The highest BCUT2D eigenvalue weighted by atomic mass is 32.2. The van der Waals surface area contributed by atoms with E-state index >= 15 is 0 Å². The molecule has 0 spiro atoms. The number of nitro groups is 1. The molecule has 0 saturated heterocycles. The van der Waals surface area contributed by atoms with Crippen LogP contribution in [0.2, 0.25) is 0 Å². The van der Waals surface area contributed by atoms with Gasteiger partial charge in [-0.05, 0) is 18.2 Å². The first-order valence-electron chi connectivity index (χ1n) is 7.89. The van der Waals surface area contributed by atoms with Gasteiger partial charge in [0, 0.05) is 30.1 Å². The zero-order valence-electron chi connectivity index (χ0n) is 14.5. The molecule has 27 heavy (non-hydrogen) atoms. The molecule has 8 nitrogen and oxygen atoms in total. The lowest BCUT2D eigenvalue weighted by atomic mass is 10.2. The summed E-state index contributed by atoms with van der Waals surface area (Å²) >= 11 is 0.873. The van der Waals surface area contributed by atoms with Gasteiger partial charge in [-0.2, -0.15) is 4.31 Å². The number of hydrogen-bond donors (Lipinski definition) is 0. The topological polar surface area (TPSA) is 107 Å². The number of ether oxygens (including phenoxy) is 1. The van der Waals surface area contributed by atoms with Crippen LogP contribution in [0.5, 0.6) is 0 Å². The molecule has 0 bridgehead atoms. The van der Waals surface area contributed by atoms with Gasteiger partial charge in [-0.25, -0.2) is 17.6 Å². The van der Waals surface area contributed by atoms with Crippen molar-refractivity contribution in [1.82, 2.24) is 4.31 Å². The van der Waals surface area contributed by atoms with Gasteiger partial charge in [-0.1, -0.05) is 25.2 Å². The van der Waals surface area contributed by atoms with Gasteiger partial charge in [-0.3, -0.25) is 10.1 Å². The van der Waals surface area contributed by atoms with Crippen molar-refractivity contribution in [3.63, 3.8) is 0 Å². The average molecular weight is 416 g/mol. The number of esters is 1. The van der Waals surface area contributed by atoms with Crippen molar-refractivity contribution in [3.8, 4) is 0 Å². The number of thiophene rings is 1. The SMILES string of the molecule is CCN(CC)S(=O)(=O)c1ccc(F)c(C(=O)OCc2csc([N+](=O)[O-])c2)c1. The lowest BCUT2D eigenvalue weighted by Gasteiger charge is -2.18. The predicted octanol–water partition coefficient (Wildman–Crippen LogP) is 3.18. The second kappa shape index (κ2) is 8.55. The summed E-state index contributed by atoms with van der Waals surface area (Å²) in [6, 6.07) is 4.15. The van der Waals surface area contributed by atoms with Crippen LogP contribution >= 0.6 is 11.3 Å². The first kappa shape index (κ1) is 20.9. The Bertz CT molecular complexity index is 954. The number of carbonyl (C=O) groups excluding carboxylic acids is 1. The van der Waals surface area contributed by atoms with Crippen LogP contribution in [0.25, 0.3) is 0 Å². The third kappa shape index (κ3) is 4.67. The largest absolute Gasteiger partial charge is 0.457 e. The Labute approximate surface area is 159 Å². The number of halogens is 1. The zero-order valence-corrected chi connectivity index (χ0v) is 16.2. The Kier molecular flexibility index (Phi) is 6.63. The Hall–Kier alpha value is -2.37. The fraction of sp³-hybridized carbons (Fsp3) is 0.312. The third-order valence-electron chi connectivity index (χ3n) is 3.69. The van der Waals surface area contributed by atoms with Crippen molar-refractivity contribution >= 4 is 32.3 Å². The summed E-state index contributed by atoms with van der Waals surface area (Å²) in [5.74, 6) is -1.98. The van der Waals surface area contributed by atoms with E-state index in [1.54, 1.807) is 13.8 Å². The van der Waals surface area contributed by atoms with Crippen molar-refractivity contribution < 1.29 is 27.3 Å². The average Bonchev–Trinajstić information content (AvgIpc) is 3.10. The minimum Gasteiger partial charge on any atom is -0.457 e. The normalized spacial score (nSPS) is 11.6. The Morgan fingerprint density at radius 3 is 2.52 bits per heavy atom. The highest BCUT2D eigenvalue weighted by Crippen LogP contribution is 2.24. The number of rotatable bonds is 8. The molecule has 2 aromatic rings. The van der Waals surface area contributed by atoms with Gasteiger partial charge in [0.15, 0.2) is 0 Å². The molecule has 1 aromatic heterocycles. The molecule has 0 radical (unpaired) electrons. The van der Waals surface area contributed by atoms with Gasteiger partial charge in [-0.15, -0.1) is 0 Å². The molecular weight excluding hydrogens is 399 g/mol. The van der Waals surface area contributed by atoms with Crippen molar-refractivity contribution in [2.45, 2.75) is 25.3 Å². The van der Waals surface area contributed by atoms with Crippen LogP contribution in [0, 0.1) is 15.9 Å². The summed E-state index contributed by atoms with van der Waals surface area (Å²) < 4.78 is 45.2. The summed E-state index contributed by atoms with van der Waals surface area (Å²) in [6.07, 6.45) is 0. The van der Waals surface area contributed by atoms with E-state index in [1.165, 1.54) is 15.8 Å². The molecule has 0 aliphatic rings. The van der Waals surface area contributed by atoms with Crippen LogP contribution < -0.4 is 0 Å². The van der Waals surface area contributed by atoms with E-state index in [0.29, 0.717) is 5.56 Å². The Morgan fingerprint density at radius 1 is 1.30 bits per heavy atom. The van der Waals surface area contributed by atoms with E-state index in [9.17, 15) is 27.7 Å². The van der Waals surface area contributed by atoms with Crippen LogP contribution in [0.4, 0.5) is 9.39 Å². The molecular formula is C16H17FN2O6S2. The monoisotopic (exact) mass is 416 g/mol. The third-order valence-corrected chi connectivity index (χ3v) is 6.67. The van der Waals surface area contributed by atoms with E-state index in [1.807, 2.05) is 0 Å². The maximum Gasteiger partial charge on any atom is 0.341 e. The first-order valence-corrected chi connectivity index (χ1v) is 10.2. The number of benzene rings is 1. The lowest BCUT2D eigenvalue weighted by Crippen LogP contribution is -2.30. The smallest absolute Gasteiger partial charge is 0.341 e. The van der Waals surface area contributed by atoms with Crippen molar-refractivity contribution in [2.24, 2.45) is 0 Å². The summed E-state index contributed by atoms with van der Waals surface area (Å²) in [5.41, 5.74) is -0.139. The van der Waals surface area contributed by atoms with Crippen LogP contribution in [-0.2, 0) is 21.4 Å². The molecule has 2 rings (SSSR count). The predicted molar refractivity (Wildman–Crippen MR) is 96.6 cm³/mol. The molecule has 0 amide bonds. The number of nitrogens with zero attached hydrogens (tertiary/aromatic N) is 2. The van der Waals surface area contributed by atoms with Gasteiger partial charge >= 0.3 is 11.0 Å². The molecule has 0 unspecified atom stereocenters. The minimum atomic E-state index is -3.86. The summed E-state index contributed by atoms with van der Waals surface area (Å²) in [7, 11) is -3.86. The van der Waals surface area contributed by atoms with Crippen molar-refractivity contribution in [1.29, 1.82) is 0 Å². The Morgan fingerprint density at radius 2 is 1.96 bits per heavy atom. The van der Waals surface area contributed by atoms with Crippen LogP contribution in [0.15, 0.2) is 34.5 Å². The second-order valence-electron chi connectivity index (χ2n) is 5.36. The van der Waals surface area contributed by atoms with E-state index in [4.69, 9.17) is 4.74 Å². The van der Waals surface area contributed by atoms with E-state index in [-0.39, 0.29) is 29.6 Å². The van der Waals surface area contributed by atoms with Gasteiger partial charge in [0.05, 0.1) is 15.4 Å². The number of hydrogen-bond acceptors (Lipinski definition) is 7. The lowest BCUT2D eigenvalue weighted by molar-refractivity contribution is -0.380. The Balaban J connectivity index is 2.21. The van der Waals surface area contributed by atoms with E-state index in [0.717, 1.165) is 29.5 Å². The minimum absolute atomic E-state index is 0.112. The maximum absolute atomic E-state index is 14.0. The van der Waals surface area contributed by atoms with Gasteiger partial charge in [0.2, 0.25) is 10.0 Å². The van der Waals surface area contributed by atoms with Gasteiger partial charge < -0.3 is 4.74 Å². The second-order valence-corrected chi connectivity index (χ2v) is 8.19. The molecule has 0 aliphatic heterocycles. The molecule has 1 aromatic carbocycles. The molecule has 0 atom stereocenters. The van der Waals surface area contributed by atoms with Crippen molar-refractivity contribution in [3.05, 3.63) is 56.7 Å². The summed E-state index contributed by atoms with van der Waals surface area (Å²) in [5, 5.41) is 12.0. The summed E-state index contributed by atoms with van der Waals surface area (Å²) in [4.78, 5) is 22.0. The number of sulfonamides is 1. The van der Waals surface area contributed by atoms with E-state index < -0.39 is 32.3 Å².